The Morgan fingerprint density at radius 1 is 1.35 bits per heavy atom. The Labute approximate surface area is 107 Å². The van der Waals surface area contributed by atoms with Gasteiger partial charge in [0.2, 0.25) is 5.91 Å². The van der Waals surface area contributed by atoms with E-state index in [0.717, 1.165) is 18.0 Å². The molecule has 2 nitrogen and oxygen atoms in total. The molecule has 0 radical (unpaired) electrons. The minimum Gasteiger partial charge on any atom is -0.326 e. The predicted molar refractivity (Wildman–Crippen MR) is 71.3 cm³/mol. The van der Waals surface area contributed by atoms with E-state index in [1.165, 1.54) is 25.7 Å². The van der Waals surface area contributed by atoms with Crippen molar-refractivity contribution in [2.45, 2.75) is 38.5 Å². The summed E-state index contributed by atoms with van der Waals surface area (Å²) in [5.41, 5.74) is 0.786. The molecular formula is C14H18ClNO. The SMILES string of the molecule is O=C(CCC1CCCC1)Nc1cccc(Cl)c1. The number of amides is 1. The highest BCUT2D eigenvalue weighted by molar-refractivity contribution is 6.30. The van der Waals surface area contributed by atoms with Crippen LogP contribution in [0.25, 0.3) is 0 Å². The fraction of sp³-hybridized carbons (Fsp3) is 0.500. The molecule has 17 heavy (non-hydrogen) atoms. The standard InChI is InChI=1S/C14H18ClNO/c15-12-6-3-7-13(10-12)16-14(17)9-8-11-4-1-2-5-11/h3,6-7,10-11H,1-2,4-5,8-9H2,(H,16,17). The summed E-state index contributed by atoms with van der Waals surface area (Å²) >= 11 is 5.86. The molecule has 0 aromatic heterocycles. The average Bonchev–Trinajstić information content (AvgIpc) is 2.79. The highest BCUT2D eigenvalue weighted by Gasteiger charge is 2.16. The minimum absolute atomic E-state index is 0.0965. The van der Waals surface area contributed by atoms with E-state index in [-0.39, 0.29) is 5.91 Å². The number of benzene rings is 1. The number of nitrogens with one attached hydrogen (secondary N) is 1. The summed E-state index contributed by atoms with van der Waals surface area (Å²) in [6.45, 7) is 0. The maximum absolute atomic E-state index is 11.7. The summed E-state index contributed by atoms with van der Waals surface area (Å²) in [5, 5.41) is 3.53. The highest BCUT2D eigenvalue weighted by atomic mass is 35.5. The van der Waals surface area contributed by atoms with Crippen molar-refractivity contribution in [3.63, 3.8) is 0 Å². The molecule has 0 atom stereocenters. The van der Waals surface area contributed by atoms with Crippen molar-refractivity contribution in [2.75, 3.05) is 5.32 Å². The van der Waals surface area contributed by atoms with Gasteiger partial charge in [-0.3, -0.25) is 4.79 Å². The molecule has 2 rings (SSSR count). The normalized spacial score (nSPS) is 16.1. The zero-order valence-corrected chi connectivity index (χ0v) is 10.7. The Morgan fingerprint density at radius 2 is 2.12 bits per heavy atom. The lowest BCUT2D eigenvalue weighted by Gasteiger charge is -2.09. The van der Waals surface area contributed by atoms with Crippen molar-refractivity contribution >= 4 is 23.2 Å². The van der Waals surface area contributed by atoms with Crippen LogP contribution in [-0.4, -0.2) is 5.91 Å². The van der Waals surface area contributed by atoms with E-state index in [0.29, 0.717) is 11.4 Å². The van der Waals surface area contributed by atoms with Gasteiger partial charge in [-0.2, -0.15) is 0 Å². The summed E-state index contributed by atoms with van der Waals surface area (Å²) in [4.78, 5) is 11.7. The van der Waals surface area contributed by atoms with Crippen LogP contribution < -0.4 is 5.32 Å². The third kappa shape index (κ3) is 4.04. The second-order valence-corrected chi connectivity index (χ2v) is 5.18. The van der Waals surface area contributed by atoms with Crippen molar-refractivity contribution in [3.8, 4) is 0 Å². The second kappa shape index (κ2) is 6.06. The smallest absolute Gasteiger partial charge is 0.224 e. The van der Waals surface area contributed by atoms with Gasteiger partial charge in [0.1, 0.15) is 0 Å². The first-order valence-corrected chi connectivity index (χ1v) is 6.67. The van der Waals surface area contributed by atoms with Crippen LogP contribution in [-0.2, 0) is 4.79 Å². The van der Waals surface area contributed by atoms with Crippen LogP contribution in [0.3, 0.4) is 0 Å². The zero-order chi connectivity index (χ0) is 12.1. The molecule has 1 saturated carbocycles. The minimum atomic E-state index is 0.0965. The lowest BCUT2D eigenvalue weighted by atomic mass is 10.0. The average molecular weight is 252 g/mol. The fourth-order valence-corrected chi connectivity index (χ4v) is 2.61. The Morgan fingerprint density at radius 3 is 2.82 bits per heavy atom. The lowest BCUT2D eigenvalue weighted by Crippen LogP contribution is -2.12. The maximum atomic E-state index is 11.7. The van der Waals surface area contributed by atoms with Crippen molar-refractivity contribution in [1.82, 2.24) is 0 Å². The largest absolute Gasteiger partial charge is 0.326 e. The van der Waals surface area contributed by atoms with E-state index in [1.54, 1.807) is 12.1 Å². The quantitative estimate of drug-likeness (QED) is 0.852. The van der Waals surface area contributed by atoms with E-state index < -0.39 is 0 Å². The number of hydrogen-bond acceptors (Lipinski definition) is 1. The summed E-state index contributed by atoms with van der Waals surface area (Å²) in [5.74, 6) is 0.860. The monoisotopic (exact) mass is 251 g/mol. The summed E-state index contributed by atoms with van der Waals surface area (Å²) in [6, 6.07) is 7.28. The number of anilines is 1. The van der Waals surface area contributed by atoms with Gasteiger partial charge in [0.05, 0.1) is 0 Å². The number of carbonyl (C=O) groups is 1. The van der Waals surface area contributed by atoms with Gasteiger partial charge in [-0.25, -0.2) is 0 Å². The van der Waals surface area contributed by atoms with E-state index in [4.69, 9.17) is 11.6 Å². The number of halogens is 1. The molecule has 0 bridgehead atoms. The van der Waals surface area contributed by atoms with Gasteiger partial charge in [-0.05, 0) is 30.5 Å². The maximum Gasteiger partial charge on any atom is 0.224 e. The van der Waals surface area contributed by atoms with Crippen molar-refractivity contribution in [1.29, 1.82) is 0 Å². The van der Waals surface area contributed by atoms with Crippen LogP contribution in [0, 0.1) is 5.92 Å². The Bertz CT molecular complexity index is 386. The van der Waals surface area contributed by atoms with Crippen molar-refractivity contribution < 1.29 is 4.79 Å². The molecule has 0 unspecified atom stereocenters. The molecule has 92 valence electrons. The van der Waals surface area contributed by atoms with Crippen LogP contribution in [0.4, 0.5) is 5.69 Å². The van der Waals surface area contributed by atoms with Gasteiger partial charge in [0.15, 0.2) is 0 Å². The number of rotatable bonds is 4. The van der Waals surface area contributed by atoms with Crippen molar-refractivity contribution in [2.24, 2.45) is 5.92 Å². The molecule has 0 spiro atoms. The third-order valence-corrected chi connectivity index (χ3v) is 3.60. The second-order valence-electron chi connectivity index (χ2n) is 4.75. The molecule has 1 aliphatic rings. The van der Waals surface area contributed by atoms with Gasteiger partial charge < -0.3 is 5.32 Å². The van der Waals surface area contributed by atoms with Gasteiger partial charge in [0, 0.05) is 17.1 Å². The van der Waals surface area contributed by atoms with Gasteiger partial charge in [0.25, 0.3) is 0 Å². The number of hydrogen-bond donors (Lipinski definition) is 1. The molecule has 1 amide bonds. The van der Waals surface area contributed by atoms with E-state index >= 15 is 0 Å². The molecule has 0 heterocycles. The molecule has 0 saturated heterocycles. The van der Waals surface area contributed by atoms with Crippen molar-refractivity contribution in [3.05, 3.63) is 29.3 Å². The van der Waals surface area contributed by atoms with E-state index in [1.807, 2.05) is 12.1 Å². The first-order chi connectivity index (χ1) is 8.24. The molecule has 1 fully saturated rings. The van der Waals surface area contributed by atoms with Crippen LogP contribution in [0.1, 0.15) is 38.5 Å². The van der Waals surface area contributed by atoms with E-state index in [9.17, 15) is 4.79 Å². The molecule has 1 N–H and O–H groups in total. The highest BCUT2D eigenvalue weighted by Crippen LogP contribution is 2.28. The molecule has 1 aromatic carbocycles. The molecule has 1 aromatic rings. The van der Waals surface area contributed by atoms with Crippen LogP contribution in [0.15, 0.2) is 24.3 Å². The van der Waals surface area contributed by atoms with Gasteiger partial charge in [-0.1, -0.05) is 43.4 Å². The third-order valence-electron chi connectivity index (χ3n) is 3.36. The Hall–Kier alpha value is -1.02. The molecular weight excluding hydrogens is 234 g/mol. The molecule has 1 aliphatic carbocycles. The first kappa shape index (κ1) is 12.4. The summed E-state index contributed by atoms with van der Waals surface area (Å²) in [6.07, 6.45) is 6.90. The predicted octanol–water partition coefficient (Wildman–Crippen LogP) is 4.25. The van der Waals surface area contributed by atoms with Crippen LogP contribution in [0.2, 0.25) is 5.02 Å². The number of carbonyl (C=O) groups excluding carboxylic acids is 1. The Balaban J connectivity index is 1.76. The van der Waals surface area contributed by atoms with Gasteiger partial charge >= 0.3 is 0 Å². The fourth-order valence-electron chi connectivity index (χ4n) is 2.42. The summed E-state index contributed by atoms with van der Waals surface area (Å²) < 4.78 is 0. The molecule has 0 aliphatic heterocycles. The van der Waals surface area contributed by atoms with Crippen LogP contribution >= 0.6 is 11.6 Å². The van der Waals surface area contributed by atoms with Gasteiger partial charge in [-0.15, -0.1) is 0 Å². The first-order valence-electron chi connectivity index (χ1n) is 6.29. The zero-order valence-electron chi connectivity index (χ0n) is 9.92. The topological polar surface area (TPSA) is 29.1 Å². The lowest BCUT2D eigenvalue weighted by molar-refractivity contribution is -0.116. The molecule has 3 heteroatoms. The van der Waals surface area contributed by atoms with Crippen LogP contribution in [0.5, 0.6) is 0 Å². The summed E-state index contributed by atoms with van der Waals surface area (Å²) in [7, 11) is 0. The Kier molecular flexibility index (Phi) is 4.43. The van der Waals surface area contributed by atoms with E-state index in [2.05, 4.69) is 5.32 Å².